The predicted octanol–water partition coefficient (Wildman–Crippen LogP) is 4.81. The maximum atomic E-state index is 12.9. The topological polar surface area (TPSA) is 75.7 Å². The Morgan fingerprint density at radius 3 is 2.34 bits per heavy atom. The SMILES string of the molecule is CCc1ccc(NC(=O)N(Cc2cccc(OS(=O)(=O)CC)c2)[C@@H](C)CC)cc1. The van der Waals surface area contributed by atoms with Crippen LogP contribution in [0.2, 0.25) is 0 Å². The van der Waals surface area contributed by atoms with Gasteiger partial charge in [-0.1, -0.05) is 38.1 Å². The zero-order chi connectivity index (χ0) is 21.4. The lowest BCUT2D eigenvalue weighted by Gasteiger charge is -2.29. The Morgan fingerprint density at radius 1 is 1.07 bits per heavy atom. The van der Waals surface area contributed by atoms with Gasteiger partial charge in [-0.2, -0.15) is 8.42 Å². The number of aryl methyl sites for hydroxylation is 1. The van der Waals surface area contributed by atoms with E-state index in [1.807, 2.05) is 44.2 Å². The van der Waals surface area contributed by atoms with Crippen LogP contribution in [0, 0.1) is 0 Å². The van der Waals surface area contributed by atoms with E-state index >= 15 is 0 Å². The van der Waals surface area contributed by atoms with E-state index in [4.69, 9.17) is 4.18 Å². The summed E-state index contributed by atoms with van der Waals surface area (Å²) in [6.45, 7) is 7.97. The molecule has 1 atom stereocenters. The molecule has 0 aliphatic heterocycles. The second-order valence-electron chi connectivity index (χ2n) is 6.94. The van der Waals surface area contributed by atoms with Crippen molar-refractivity contribution in [2.75, 3.05) is 11.1 Å². The van der Waals surface area contributed by atoms with Crippen LogP contribution in [0.5, 0.6) is 5.75 Å². The van der Waals surface area contributed by atoms with Crippen LogP contribution in [0.3, 0.4) is 0 Å². The molecule has 7 heteroatoms. The molecule has 2 amide bonds. The van der Waals surface area contributed by atoms with Crippen LogP contribution < -0.4 is 9.50 Å². The van der Waals surface area contributed by atoms with Gasteiger partial charge in [-0.15, -0.1) is 0 Å². The quantitative estimate of drug-likeness (QED) is 0.593. The van der Waals surface area contributed by atoms with Crippen LogP contribution in [0.4, 0.5) is 10.5 Å². The second-order valence-corrected chi connectivity index (χ2v) is 8.80. The van der Waals surface area contributed by atoms with Gasteiger partial charge in [0, 0.05) is 18.3 Å². The van der Waals surface area contributed by atoms with E-state index in [1.54, 1.807) is 23.1 Å². The van der Waals surface area contributed by atoms with Crippen LogP contribution in [0.1, 0.15) is 45.2 Å². The number of hydrogen-bond donors (Lipinski definition) is 1. The number of carbonyl (C=O) groups is 1. The average molecular weight is 419 g/mol. The van der Waals surface area contributed by atoms with Gasteiger partial charge < -0.3 is 14.4 Å². The molecular formula is C22H30N2O4S. The van der Waals surface area contributed by atoms with E-state index in [9.17, 15) is 13.2 Å². The van der Waals surface area contributed by atoms with Gasteiger partial charge in [-0.3, -0.25) is 0 Å². The Morgan fingerprint density at radius 2 is 1.76 bits per heavy atom. The average Bonchev–Trinajstić information content (AvgIpc) is 2.72. The van der Waals surface area contributed by atoms with Gasteiger partial charge in [0.2, 0.25) is 0 Å². The van der Waals surface area contributed by atoms with Crippen LogP contribution in [-0.4, -0.2) is 31.1 Å². The molecule has 2 aromatic rings. The van der Waals surface area contributed by atoms with Gasteiger partial charge in [0.05, 0.1) is 5.75 Å². The van der Waals surface area contributed by atoms with E-state index in [2.05, 4.69) is 12.2 Å². The number of hydrogen-bond acceptors (Lipinski definition) is 4. The zero-order valence-corrected chi connectivity index (χ0v) is 18.3. The maximum Gasteiger partial charge on any atom is 0.322 e. The molecule has 1 N–H and O–H groups in total. The molecule has 0 radical (unpaired) electrons. The Hall–Kier alpha value is -2.54. The third-order valence-corrected chi connectivity index (χ3v) is 5.98. The van der Waals surface area contributed by atoms with E-state index in [0.29, 0.717) is 6.54 Å². The van der Waals surface area contributed by atoms with Crippen molar-refractivity contribution >= 4 is 21.8 Å². The first-order valence-corrected chi connectivity index (χ1v) is 11.5. The zero-order valence-electron chi connectivity index (χ0n) is 17.5. The smallest absolute Gasteiger partial charge is 0.322 e. The third kappa shape index (κ3) is 6.78. The van der Waals surface area contributed by atoms with Crippen molar-refractivity contribution in [1.82, 2.24) is 4.90 Å². The second kappa shape index (κ2) is 10.3. The van der Waals surface area contributed by atoms with Gasteiger partial charge in [-0.05, 0) is 62.1 Å². The fourth-order valence-electron chi connectivity index (χ4n) is 2.77. The first-order chi connectivity index (χ1) is 13.8. The number of carbonyl (C=O) groups excluding carboxylic acids is 1. The summed E-state index contributed by atoms with van der Waals surface area (Å²) in [7, 11) is -3.59. The van der Waals surface area contributed by atoms with E-state index in [1.165, 1.54) is 12.5 Å². The van der Waals surface area contributed by atoms with E-state index in [-0.39, 0.29) is 23.6 Å². The molecule has 6 nitrogen and oxygen atoms in total. The molecule has 158 valence electrons. The number of nitrogens with one attached hydrogen (secondary N) is 1. The molecule has 0 saturated heterocycles. The summed E-state index contributed by atoms with van der Waals surface area (Å²) >= 11 is 0. The summed E-state index contributed by atoms with van der Waals surface area (Å²) in [4.78, 5) is 14.7. The monoisotopic (exact) mass is 418 g/mol. The van der Waals surface area contributed by atoms with Gasteiger partial charge in [-0.25, -0.2) is 4.79 Å². The fraction of sp³-hybridized carbons (Fsp3) is 0.409. The third-order valence-electron chi connectivity index (χ3n) is 4.83. The molecule has 0 unspecified atom stereocenters. The van der Waals surface area contributed by atoms with Crippen molar-refractivity contribution in [1.29, 1.82) is 0 Å². The summed E-state index contributed by atoms with van der Waals surface area (Å²) < 4.78 is 28.5. The predicted molar refractivity (Wildman–Crippen MR) is 117 cm³/mol. The minimum absolute atomic E-state index is 0.00821. The standard InChI is InChI=1S/C22H30N2O4S/c1-5-17(4)24(22(25)23-20-13-11-18(6-2)12-14-20)16-19-9-8-10-21(15-19)28-29(26,27)7-3/h8-15,17H,5-7,16H2,1-4H3,(H,23,25)/t17-/m0/s1. The highest BCUT2D eigenvalue weighted by molar-refractivity contribution is 7.87. The normalized spacial score (nSPS) is 12.3. The minimum Gasteiger partial charge on any atom is -0.382 e. The molecule has 29 heavy (non-hydrogen) atoms. The molecule has 0 saturated carbocycles. The lowest BCUT2D eigenvalue weighted by molar-refractivity contribution is 0.187. The Labute approximate surface area is 174 Å². The van der Waals surface area contributed by atoms with Crippen LogP contribution in [0.25, 0.3) is 0 Å². The van der Waals surface area contributed by atoms with Crippen LogP contribution in [0.15, 0.2) is 48.5 Å². The highest BCUT2D eigenvalue weighted by Gasteiger charge is 2.20. The van der Waals surface area contributed by atoms with Crippen molar-refractivity contribution in [3.63, 3.8) is 0 Å². The Kier molecular flexibility index (Phi) is 8.08. The lowest BCUT2D eigenvalue weighted by Crippen LogP contribution is -2.40. The molecule has 0 aliphatic carbocycles. The van der Waals surface area contributed by atoms with E-state index < -0.39 is 10.1 Å². The summed E-state index contributed by atoms with van der Waals surface area (Å²) in [5.41, 5.74) is 2.75. The fourth-order valence-corrected chi connectivity index (χ4v) is 3.28. The van der Waals surface area contributed by atoms with Gasteiger partial charge in [0.15, 0.2) is 0 Å². The highest BCUT2D eigenvalue weighted by atomic mass is 32.2. The summed E-state index contributed by atoms with van der Waals surface area (Å²) in [5, 5.41) is 2.95. The molecule has 0 aliphatic rings. The molecule has 0 aromatic heterocycles. The number of rotatable bonds is 9. The summed E-state index contributed by atoms with van der Waals surface area (Å²) in [6.07, 6.45) is 1.74. The first-order valence-electron chi connectivity index (χ1n) is 9.95. The summed E-state index contributed by atoms with van der Waals surface area (Å²) in [5.74, 6) is 0.152. The molecule has 0 heterocycles. The molecule has 0 bridgehead atoms. The van der Waals surface area contributed by atoms with Crippen molar-refractivity contribution in [3.8, 4) is 5.75 Å². The summed E-state index contributed by atoms with van der Waals surface area (Å²) in [6, 6.07) is 14.4. The van der Waals surface area contributed by atoms with Crippen molar-refractivity contribution in [2.45, 2.75) is 53.1 Å². The Bertz CT molecular complexity index is 911. The largest absolute Gasteiger partial charge is 0.382 e. The molecule has 2 rings (SSSR count). The van der Waals surface area contributed by atoms with Crippen molar-refractivity contribution < 1.29 is 17.4 Å². The minimum atomic E-state index is -3.59. The maximum absolute atomic E-state index is 12.9. The molecule has 0 spiro atoms. The Balaban J connectivity index is 2.16. The van der Waals surface area contributed by atoms with Crippen molar-refractivity contribution in [3.05, 3.63) is 59.7 Å². The van der Waals surface area contributed by atoms with Crippen LogP contribution >= 0.6 is 0 Å². The van der Waals surface area contributed by atoms with Crippen LogP contribution in [-0.2, 0) is 23.1 Å². The van der Waals surface area contributed by atoms with Gasteiger partial charge >= 0.3 is 16.1 Å². The molecular weight excluding hydrogens is 388 g/mol. The number of nitrogens with zero attached hydrogens (tertiary/aromatic N) is 1. The number of amides is 2. The van der Waals surface area contributed by atoms with Gasteiger partial charge in [0.1, 0.15) is 5.75 Å². The van der Waals surface area contributed by atoms with Crippen molar-refractivity contribution in [2.24, 2.45) is 0 Å². The highest BCUT2D eigenvalue weighted by Crippen LogP contribution is 2.20. The number of benzene rings is 2. The molecule has 2 aromatic carbocycles. The number of urea groups is 1. The first kappa shape index (κ1) is 22.7. The molecule has 0 fully saturated rings. The van der Waals surface area contributed by atoms with Gasteiger partial charge in [0.25, 0.3) is 0 Å². The van der Waals surface area contributed by atoms with E-state index in [0.717, 1.165) is 24.1 Å². The number of anilines is 1. The lowest BCUT2D eigenvalue weighted by atomic mass is 10.1.